The number of rotatable bonds is 6. The first-order chi connectivity index (χ1) is 10.1. The predicted molar refractivity (Wildman–Crippen MR) is 76.3 cm³/mol. The van der Waals surface area contributed by atoms with E-state index in [0.29, 0.717) is 6.54 Å². The zero-order chi connectivity index (χ0) is 15.4. The molecule has 0 aromatic carbocycles. The Bertz CT molecular complexity index is 582. The van der Waals surface area contributed by atoms with Gasteiger partial charge in [-0.25, -0.2) is 4.79 Å². The molecule has 0 radical (unpaired) electrons. The summed E-state index contributed by atoms with van der Waals surface area (Å²) in [6.45, 7) is 2.35. The van der Waals surface area contributed by atoms with Crippen LogP contribution in [0.1, 0.15) is 32.4 Å². The third kappa shape index (κ3) is 3.52. The highest BCUT2D eigenvalue weighted by Crippen LogP contribution is 2.27. The summed E-state index contributed by atoms with van der Waals surface area (Å²) in [7, 11) is 0. The average Bonchev–Trinajstić information content (AvgIpc) is 2.82. The smallest absolute Gasteiger partial charge is 0.330 e. The van der Waals surface area contributed by atoms with Crippen LogP contribution in [0.25, 0.3) is 0 Å². The summed E-state index contributed by atoms with van der Waals surface area (Å²) in [4.78, 5) is 25.8. The highest BCUT2D eigenvalue weighted by atomic mass is 16.5. The van der Waals surface area contributed by atoms with Crippen LogP contribution in [0.3, 0.4) is 0 Å². The first kappa shape index (κ1) is 15.7. The molecule has 1 saturated heterocycles. The van der Waals surface area contributed by atoms with E-state index < -0.39 is 29.7 Å². The number of nitrogens with one attached hydrogen (secondary N) is 2. The molecule has 0 bridgehead atoms. The average molecular weight is 299 g/mol. The van der Waals surface area contributed by atoms with Gasteiger partial charge in [0.15, 0.2) is 0 Å². The SMILES string of the molecule is CCCCNc1cn([C@H]2C[C@H](O)[C@@H](CO)O2)c(=O)[nH]c1=O. The van der Waals surface area contributed by atoms with E-state index in [1.807, 2.05) is 6.92 Å². The Morgan fingerprint density at radius 2 is 2.29 bits per heavy atom. The maximum absolute atomic E-state index is 11.9. The highest BCUT2D eigenvalue weighted by Gasteiger charge is 2.35. The fourth-order valence-electron chi connectivity index (χ4n) is 2.28. The van der Waals surface area contributed by atoms with Gasteiger partial charge in [0.2, 0.25) is 0 Å². The van der Waals surface area contributed by atoms with Gasteiger partial charge in [-0.1, -0.05) is 13.3 Å². The molecular formula is C13H21N3O5. The monoisotopic (exact) mass is 299 g/mol. The van der Waals surface area contributed by atoms with Crippen molar-refractivity contribution < 1.29 is 14.9 Å². The molecule has 1 fully saturated rings. The predicted octanol–water partition coefficient (Wildman–Crippen LogP) is -0.611. The van der Waals surface area contributed by atoms with Gasteiger partial charge in [-0.2, -0.15) is 0 Å². The van der Waals surface area contributed by atoms with Gasteiger partial charge in [-0.05, 0) is 6.42 Å². The van der Waals surface area contributed by atoms with Crippen LogP contribution in [0.15, 0.2) is 15.8 Å². The zero-order valence-electron chi connectivity index (χ0n) is 11.9. The molecule has 0 unspecified atom stereocenters. The number of aliphatic hydroxyl groups is 2. The standard InChI is InChI=1S/C13H21N3O5/c1-2-3-4-14-8-6-16(13(20)15-12(8)19)11-5-9(18)10(7-17)21-11/h6,9-11,14,17-18H,2-5,7H2,1H3,(H,15,19,20)/t9-,10+,11+/m0/s1. The minimum absolute atomic E-state index is 0.186. The maximum Gasteiger partial charge on any atom is 0.330 e. The third-order valence-corrected chi connectivity index (χ3v) is 3.51. The highest BCUT2D eigenvalue weighted by molar-refractivity contribution is 5.37. The van der Waals surface area contributed by atoms with Crippen LogP contribution >= 0.6 is 0 Å². The minimum atomic E-state index is -0.838. The van der Waals surface area contributed by atoms with Crippen molar-refractivity contribution in [2.24, 2.45) is 0 Å². The van der Waals surface area contributed by atoms with Crippen molar-refractivity contribution in [1.82, 2.24) is 9.55 Å². The minimum Gasteiger partial charge on any atom is -0.394 e. The molecule has 118 valence electrons. The van der Waals surface area contributed by atoms with Crippen LogP contribution < -0.4 is 16.6 Å². The van der Waals surface area contributed by atoms with E-state index in [1.54, 1.807) is 0 Å². The largest absolute Gasteiger partial charge is 0.394 e. The molecule has 4 N–H and O–H groups in total. The van der Waals surface area contributed by atoms with Crippen LogP contribution in [0.4, 0.5) is 5.69 Å². The second-order valence-corrected chi connectivity index (χ2v) is 5.10. The quantitative estimate of drug-likeness (QED) is 0.521. The van der Waals surface area contributed by atoms with Crippen molar-refractivity contribution in [3.63, 3.8) is 0 Å². The first-order valence-electron chi connectivity index (χ1n) is 7.10. The number of aromatic amines is 1. The Hall–Kier alpha value is -1.64. The number of anilines is 1. The maximum atomic E-state index is 11.9. The van der Waals surface area contributed by atoms with Crippen molar-refractivity contribution in [3.8, 4) is 0 Å². The van der Waals surface area contributed by atoms with Crippen LogP contribution in [-0.2, 0) is 4.74 Å². The van der Waals surface area contributed by atoms with Crippen LogP contribution in [0, 0.1) is 0 Å². The fourth-order valence-corrected chi connectivity index (χ4v) is 2.28. The molecule has 8 heteroatoms. The number of hydrogen-bond donors (Lipinski definition) is 4. The third-order valence-electron chi connectivity index (χ3n) is 3.51. The molecule has 3 atom stereocenters. The molecule has 0 spiro atoms. The van der Waals surface area contributed by atoms with Gasteiger partial charge in [-0.3, -0.25) is 14.3 Å². The van der Waals surface area contributed by atoms with E-state index in [9.17, 15) is 14.7 Å². The lowest BCUT2D eigenvalue weighted by atomic mass is 10.2. The lowest BCUT2D eigenvalue weighted by Gasteiger charge is -2.15. The molecule has 21 heavy (non-hydrogen) atoms. The summed E-state index contributed by atoms with van der Waals surface area (Å²) >= 11 is 0. The molecule has 2 rings (SSSR count). The Morgan fingerprint density at radius 3 is 2.90 bits per heavy atom. The van der Waals surface area contributed by atoms with E-state index in [-0.39, 0.29) is 18.7 Å². The topological polar surface area (TPSA) is 117 Å². The second kappa shape index (κ2) is 6.88. The molecule has 1 aromatic rings. The molecule has 8 nitrogen and oxygen atoms in total. The van der Waals surface area contributed by atoms with Crippen molar-refractivity contribution in [2.75, 3.05) is 18.5 Å². The van der Waals surface area contributed by atoms with Gasteiger partial charge >= 0.3 is 5.69 Å². The summed E-state index contributed by atoms with van der Waals surface area (Å²) in [6, 6.07) is 0. The van der Waals surface area contributed by atoms with E-state index in [0.717, 1.165) is 12.8 Å². The summed E-state index contributed by atoms with van der Waals surface area (Å²) in [5.74, 6) is 0. The van der Waals surface area contributed by atoms with Gasteiger partial charge in [0.25, 0.3) is 5.56 Å². The lowest BCUT2D eigenvalue weighted by Crippen LogP contribution is -2.34. The molecule has 2 heterocycles. The molecule has 0 saturated carbocycles. The van der Waals surface area contributed by atoms with Crippen molar-refractivity contribution in [2.45, 2.75) is 44.6 Å². The van der Waals surface area contributed by atoms with E-state index in [1.165, 1.54) is 10.8 Å². The van der Waals surface area contributed by atoms with E-state index >= 15 is 0 Å². The van der Waals surface area contributed by atoms with E-state index in [2.05, 4.69) is 10.3 Å². The molecule has 1 aliphatic heterocycles. The number of H-pyrrole nitrogens is 1. The van der Waals surface area contributed by atoms with Crippen molar-refractivity contribution >= 4 is 5.69 Å². The Morgan fingerprint density at radius 1 is 1.52 bits per heavy atom. The molecule has 0 amide bonds. The van der Waals surface area contributed by atoms with Crippen molar-refractivity contribution in [1.29, 1.82) is 0 Å². The first-order valence-corrected chi connectivity index (χ1v) is 7.10. The summed E-state index contributed by atoms with van der Waals surface area (Å²) < 4.78 is 6.65. The summed E-state index contributed by atoms with van der Waals surface area (Å²) in [5, 5.41) is 21.8. The summed E-state index contributed by atoms with van der Waals surface area (Å²) in [5.41, 5.74) is -0.796. The fraction of sp³-hybridized carbons (Fsp3) is 0.692. The van der Waals surface area contributed by atoms with Gasteiger partial charge in [0.1, 0.15) is 18.0 Å². The van der Waals surface area contributed by atoms with Crippen LogP contribution in [0.2, 0.25) is 0 Å². The van der Waals surface area contributed by atoms with Gasteiger partial charge in [0, 0.05) is 19.2 Å². The number of nitrogens with zero attached hydrogens (tertiary/aromatic N) is 1. The Balaban J connectivity index is 2.22. The Kier molecular flexibility index (Phi) is 5.16. The number of aromatic nitrogens is 2. The van der Waals surface area contributed by atoms with Gasteiger partial charge < -0.3 is 20.3 Å². The molecule has 1 aliphatic rings. The molecular weight excluding hydrogens is 278 g/mol. The molecule has 1 aromatic heterocycles. The van der Waals surface area contributed by atoms with Gasteiger partial charge in [-0.15, -0.1) is 0 Å². The van der Waals surface area contributed by atoms with Crippen LogP contribution in [0.5, 0.6) is 0 Å². The van der Waals surface area contributed by atoms with E-state index in [4.69, 9.17) is 9.84 Å². The normalized spacial score (nSPS) is 25.2. The van der Waals surface area contributed by atoms with Gasteiger partial charge in [0.05, 0.1) is 12.7 Å². The lowest BCUT2D eigenvalue weighted by molar-refractivity contribution is -0.0458. The van der Waals surface area contributed by atoms with Crippen LogP contribution in [-0.4, -0.2) is 45.1 Å². The number of unbranched alkanes of at least 4 members (excludes halogenated alkanes) is 1. The second-order valence-electron chi connectivity index (χ2n) is 5.10. The summed E-state index contributed by atoms with van der Waals surface area (Å²) in [6.07, 6.45) is 1.22. The zero-order valence-corrected chi connectivity index (χ0v) is 11.9. The number of aliphatic hydroxyl groups excluding tert-OH is 2. The Labute approximate surface area is 121 Å². The number of hydrogen-bond acceptors (Lipinski definition) is 6. The van der Waals surface area contributed by atoms with Crippen molar-refractivity contribution in [3.05, 3.63) is 27.0 Å². The number of ether oxygens (including phenoxy) is 1. The molecule has 0 aliphatic carbocycles.